The molecule has 0 bridgehead atoms. The van der Waals surface area contributed by atoms with Gasteiger partial charge in [0.15, 0.2) is 0 Å². The second kappa shape index (κ2) is 4.92. The lowest BCUT2D eigenvalue weighted by Gasteiger charge is -2.12. The molecule has 0 unspecified atom stereocenters. The first kappa shape index (κ1) is 13.0. The van der Waals surface area contributed by atoms with Gasteiger partial charge in [-0.2, -0.15) is 0 Å². The largest absolute Gasteiger partial charge is 0.207 e. The molecule has 0 fully saturated rings. The zero-order valence-corrected chi connectivity index (χ0v) is 11.7. The summed E-state index contributed by atoms with van der Waals surface area (Å²) in [6.07, 6.45) is 0. The summed E-state index contributed by atoms with van der Waals surface area (Å²) in [5, 5.41) is 2.90. The Balaban J connectivity index is 2.24. The Bertz CT molecular complexity index is 989. The minimum atomic E-state index is -0.555. The van der Waals surface area contributed by atoms with E-state index in [0.29, 0.717) is 10.8 Å². The first-order valence-electron chi connectivity index (χ1n) is 7.10. The number of hydrogen-bond acceptors (Lipinski definition) is 0. The molecule has 4 aromatic carbocycles. The molecule has 4 aromatic rings. The maximum Gasteiger partial charge on any atom is 0.134 e. The fraction of sp³-hybridized carbons (Fsp3) is 0. The van der Waals surface area contributed by atoms with Gasteiger partial charge >= 0.3 is 0 Å². The van der Waals surface area contributed by atoms with Gasteiger partial charge in [-0.1, -0.05) is 54.6 Å². The Morgan fingerprint density at radius 2 is 1.36 bits per heavy atom. The molecule has 0 radical (unpaired) electrons. The predicted molar refractivity (Wildman–Crippen MR) is 86.8 cm³/mol. The summed E-state index contributed by atoms with van der Waals surface area (Å²) in [6.45, 7) is 0. The number of benzene rings is 4. The Kier molecular flexibility index (Phi) is 2.90. The van der Waals surface area contributed by atoms with E-state index in [4.69, 9.17) is 0 Å². The van der Waals surface area contributed by atoms with Crippen LogP contribution in [0.4, 0.5) is 8.78 Å². The first-order chi connectivity index (χ1) is 10.7. The van der Waals surface area contributed by atoms with Crippen molar-refractivity contribution in [2.24, 2.45) is 0 Å². The minimum absolute atomic E-state index is 0.464. The van der Waals surface area contributed by atoms with Crippen LogP contribution in [0.2, 0.25) is 0 Å². The van der Waals surface area contributed by atoms with E-state index in [9.17, 15) is 8.78 Å². The summed E-state index contributed by atoms with van der Waals surface area (Å²) in [5.74, 6) is -1.08. The number of halogens is 2. The van der Waals surface area contributed by atoms with Gasteiger partial charge < -0.3 is 0 Å². The van der Waals surface area contributed by atoms with Crippen LogP contribution in [0.1, 0.15) is 0 Å². The molecule has 0 N–H and O–H groups in total. The van der Waals surface area contributed by atoms with Gasteiger partial charge in [0.05, 0.1) is 0 Å². The summed E-state index contributed by atoms with van der Waals surface area (Å²) in [6, 6.07) is 21.6. The molecule has 0 saturated heterocycles. The van der Waals surface area contributed by atoms with E-state index < -0.39 is 11.6 Å². The number of fused-ring (bicyclic) bond motifs is 3. The summed E-state index contributed by atoms with van der Waals surface area (Å²) >= 11 is 0. The van der Waals surface area contributed by atoms with Crippen molar-refractivity contribution in [1.29, 1.82) is 0 Å². The highest BCUT2D eigenvalue weighted by Crippen LogP contribution is 2.36. The van der Waals surface area contributed by atoms with Crippen LogP contribution < -0.4 is 0 Å². The molecule has 22 heavy (non-hydrogen) atoms. The van der Waals surface area contributed by atoms with E-state index in [2.05, 4.69) is 0 Å². The van der Waals surface area contributed by atoms with E-state index in [-0.39, 0.29) is 0 Å². The maximum absolute atomic E-state index is 14.5. The number of hydrogen-bond donors (Lipinski definition) is 0. The Morgan fingerprint density at radius 1 is 0.636 bits per heavy atom. The van der Waals surface area contributed by atoms with Gasteiger partial charge in [0.1, 0.15) is 11.6 Å². The third-order valence-electron chi connectivity index (χ3n) is 3.96. The van der Waals surface area contributed by atoms with Gasteiger partial charge in [-0.25, -0.2) is 8.78 Å². The molecule has 0 amide bonds. The van der Waals surface area contributed by atoms with E-state index in [1.807, 2.05) is 60.7 Å². The van der Waals surface area contributed by atoms with Crippen LogP contribution in [0.25, 0.3) is 32.7 Å². The molecule has 0 atom stereocenters. The van der Waals surface area contributed by atoms with Crippen LogP contribution in [0, 0.1) is 11.6 Å². The van der Waals surface area contributed by atoms with Crippen LogP contribution >= 0.6 is 0 Å². The highest BCUT2D eigenvalue weighted by molar-refractivity contribution is 6.13. The standard InChI is InChI=1S/C20H12F2/c21-15-11-18-16-9-5-4-8-14(16)10-17(20(18)19(22)12-15)13-6-2-1-3-7-13/h1-12H. The molecular weight excluding hydrogens is 278 g/mol. The molecule has 106 valence electrons. The van der Waals surface area contributed by atoms with Gasteiger partial charge in [-0.15, -0.1) is 0 Å². The smallest absolute Gasteiger partial charge is 0.134 e. The maximum atomic E-state index is 14.5. The van der Waals surface area contributed by atoms with Crippen molar-refractivity contribution in [3.63, 3.8) is 0 Å². The molecule has 0 aliphatic carbocycles. The van der Waals surface area contributed by atoms with E-state index in [1.165, 1.54) is 6.07 Å². The minimum Gasteiger partial charge on any atom is -0.207 e. The van der Waals surface area contributed by atoms with Crippen molar-refractivity contribution in [3.8, 4) is 11.1 Å². The summed E-state index contributed by atoms with van der Waals surface area (Å²) in [7, 11) is 0. The summed E-state index contributed by atoms with van der Waals surface area (Å²) in [5.41, 5.74) is 1.70. The molecule has 0 saturated carbocycles. The fourth-order valence-corrected chi connectivity index (χ4v) is 3.00. The van der Waals surface area contributed by atoms with Crippen LogP contribution in [0.5, 0.6) is 0 Å². The topological polar surface area (TPSA) is 0 Å². The van der Waals surface area contributed by atoms with E-state index in [0.717, 1.165) is 28.0 Å². The molecule has 0 aliphatic rings. The summed E-state index contributed by atoms with van der Waals surface area (Å²) < 4.78 is 28.2. The van der Waals surface area contributed by atoms with Crippen LogP contribution in [-0.2, 0) is 0 Å². The molecular formula is C20H12F2. The van der Waals surface area contributed by atoms with Gasteiger partial charge in [0.25, 0.3) is 0 Å². The molecule has 2 heteroatoms. The molecule has 4 rings (SSSR count). The quantitative estimate of drug-likeness (QED) is 0.381. The second-order valence-corrected chi connectivity index (χ2v) is 5.32. The monoisotopic (exact) mass is 290 g/mol. The molecule has 0 spiro atoms. The van der Waals surface area contributed by atoms with Crippen molar-refractivity contribution < 1.29 is 8.78 Å². The average molecular weight is 290 g/mol. The van der Waals surface area contributed by atoms with E-state index >= 15 is 0 Å². The Morgan fingerprint density at radius 3 is 2.18 bits per heavy atom. The highest BCUT2D eigenvalue weighted by atomic mass is 19.1. The zero-order valence-electron chi connectivity index (χ0n) is 11.7. The van der Waals surface area contributed by atoms with Crippen LogP contribution in [0.3, 0.4) is 0 Å². The van der Waals surface area contributed by atoms with E-state index in [1.54, 1.807) is 0 Å². The van der Waals surface area contributed by atoms with Crippen molar-refractivity contribution in [2.45, 2.75) is 0 Å². The Hall–Kier alpha value is -2.74. The SMILES string of the molecule is Fc1cc(F)c2c(-c3ccccc3)cc3ccccc3c2c1. The third-order valence-corrected chi connectivity index (χ3v) is 3.96. The first-order valence-corrected chi connectivity index (χ1v) is 7.10. The summed E-state index contributed by atoms with van der Waals surface area (Å²) in [4.78, 5) is 0. The normalized spacial score (nSPS) is 11.2. The zero-order chi connectivity index (χ0) is 15.1. The molecule has 0 nitrogen and oxygen atoms in total. The lowest BCUT2D eigenvalue weighted by atomic mass is 9.93. The average Bonchev–Trinajstić information content (AvgIpc) is 2.54. The van der Waals surface area contributed by atoms with Crippen molar-refractivity contribution in [2.75, 3.05) is 0 Å². The van der Waals surface area contributed by atoms with Gasteiger partial charge in [-0.05, 0) is 39.4 Å². The van der Waals surface area contributed by atoms with Gasteiger partial charge in [0.2, 0.25) is 0 Å². The molecule has 0 heterocycles. The van der Waals surface area contributed by atoms with Crippen LogP contribution in [-0.4, -0.2) is 0 Å². The molecule has 0 aromatic heterocycles. The predicted octanol–water partition coefficient (Wildman–Crippen LogP) is 5.94. The highest BCUT2D eigenvalue weighted by Gasteiger charge is 2.13. The fourth-order valence-electron chi connectivity index (χ4n) is 3.00. The van der Waals surface area contributed by atoms with Crippen molar-refractivity contribution in [3.05, 3.63) is 84.4 Å². The Labute approximate surface area is 126 Å². The van der Waals surface area contributed by atoms with Gasteiger partial charge in [0, 0.05) is 11.5 Å². The third kappa shape index (κ3) is 1.96. The lowest BCUT2D eigenvalue weighted by Crippen LogP contribution is -1.90. The lowest BCUT2D eigenvalue weighted by molar-refractivity contribution is 0.592. The second-order valence-electron chi connectivity index (χ2n) is 5.32. The van der Waals surface area contributed by atoms with Crippen molar-refractivity contribution in [1.82, 2.24) is 0 Å². The van der Waals surface area contributed by atoms with Crippen LogP contribution in [0.15, 0.2) is 72.8 Å². The van der Waals surface area contributed by atoms with Gasteiger partial charge in [-0.3, -0.25) is 0 Å². The van der Waals surface area contributed by atoms with Crippen molar-refractivity contribution >= 4 is 21.5 Å². The number of rotatable bonds is 1. The molecule has 0 aliphatic heterocycles.